The van der Waals surface area contributed by atoms with Crippen LogP contribution in [-0.4, -0.2) is 66.0 Å². The molecule has 0 aliphatic carbocycles. The summed E-state index contributed by atoms with van der Waals surface area (Å²) in [6.07, 6.45) is 5.68. The molecule has 0 saturated carbocycles. The van der Waals surface area contributed by atoms with E-state index < -0.39 is 11.4 Å². The van der Waals surface area contributed by atoms with Crippen molar-refractivity contribution in [3.05, 3.63) is 29.8 Å². The Morgan fingerprint density at radius 3 is 2.55 bits per heavy atom. The summed E-state index contributed by atoms with van der Waals surface area (Å²) in [5.41, 5.74) is 0.790. The van der Waals surface area contributed by atoms with Crippen LogP contribution in [0.2, 0.25) is 0 Å². The number of piperidine rings is 1. The molecule has 31 heavy (non-hydrogen) atoms. The van der Waals surface area contributed by atoms with Crippen molar-refractivity contribution >= 4 is 17.8 Å². The number of carboxylic acids is 1. The van der Waals surface area contributed by atoms with Crippen LogP contribution in [0.3, 0.4) is 0 Å². The summed E-state index contributed by atoms with van der Waals surface area (Å²) < 4.78 is 5.97. The number of amides is 2. The van der Waals surface area contributed by atoms with Gasteiger partial charge in [-0.05, 0) is 50.2 Å². The Kier molecular flexibility index (Phi) is 7.93. The first-order valence-corrected chi connectivity index (χ1v) is 11.4. The van der Waals surface area contributed by atoms with Gasteiger partial charge in [0, 0.05) is 33.0 Å². The third-order valence-electron chi connectivity index (χ3n) is 6.66. The lowest BCUT2D eigenvalue weighted by Gasteiger charge is -2.43. The predicted octanol–water partition coefficient (Wildman–Crippen LogP) is 3.11. The lowest BCUT2D eigenvalue weighted by molar-refractivity contribution is -0.148. The molecule has 2 amide bonds. The number of likely N-dealkylation sites (tertiary alicyclic amines) is 1. The summed E-state index contributed by atoms with van der Waals surface area (Å²) in [6.45, 7) is 2.12. The molecule has 7 nitrogen and oxygen atoms in total. The van der Waals surface area contributed by atoms with Gasteiger partial charge >= 0.3 is 5.97 Å². The molecule has 0 aromatic heterocycles. The second-order valence-electron chi connectivity index (χ2n) is 8.80. The standard InChI is InChI=1S/C24H34N2O5/c1-25-17-18-31-20-9-3-2-7-19(20)8-4-5-12-24(23(25)30)13-15-26(16-14-24)21(27)10-6-11-22(28)29/h2-3,7,9H,4-6,8,10-18H2,1H3,(H,28,29). The van der Waals surface area contributed by atoms with E-state index in [-0.39, 0.29) is 24.7 Å². The SMILES string of the molecule is CN1CCOc2ccccc2CCCCC2(CCN(C(=O)CCCC(=O)O)CC2)C1=O. The lowest BCUT2D eigenvalue weighted by atomic mass is 9.73. The van der Waals surface area contributed by atoms with Crippen molar-refractivity contribution in [1.29, 1.82) is 0 Å². The quantitative estimate of drug-likeness (QED) is 0.793. The smallest absolute Gasteiger partial charge is 0.303 e. The van der Waals surface area contributed by atoms with Gasteiger partial charge in [-0.1, -0.05) is 24.6 Å². The highest BCUT2D eigenvalue weighted by atomic mass is 16.5. The van der Waals surface area contributed by atoms with Crippen molar-refractivity contribution in [2.24, 2.45) is 5.41 Å². The largest absolute Gasteiger partial charge is 0.491 e. The van der Waals surface area contributed by atoms with E-state index in [0.29, 0.717) is 45.5 Å². The molecular formula is C24H34N2O5. The van der Waals surface area contributed by atoms with Gasteiger partial charge in [0.25, 0.3) is 0 Å². The molecule has 2 heterocycles. The minimum absolute atomic E-state index is 0.00457. The number of nitrogens with zero attached hydrogens (tertiary/aromatic N) is 2. The van der Waals surface area contributed by atoms with E-state index in [1.165, 1.54) is 5.56 Å². The number of aryl methyl sites for hydroxylation is 1. The van der Waals surface area contributed by atoms with Crippen LogP contribution in [-0.2, 0) is 20.8 Å². The van der Waals surface area contributed by atoms with Crippen LogP contribution in [0, 0.1) is 5.41 Å². The number of para-hydroxylation sites is 1. The fraction of sp³-hybridized carbons (Fsp3) is 0.625. The minimum Gasteiger partial charge on any atom is -0.491 e. The first-order valence-electron chi connectivity index (χ1n) is 11.4. The molecule has 0 bridgehead atoms. The van der Waals surface area contributed by atoms with Gasteiger partial charge in [0.1, 0.15) is 12.4 Å². The van der Waals surface area contributed by atoms with Crippen molar-refractivity contribution in [2.45, 2.75) is 57.8 Å². The predicted molar refractivity (Wildman–Crippen MR) is 117 cm³/mol. The third-order valence-corrected chi connectivity index (χ3v) is 6.66. The lowest BCUT2D eigenvalue weighted by Crippen LogP contribution is -2.51. The third kappa shape index (κ3) is 5.99. The van der Waals surface area contributed by atoms with Crippen molar-refractivity contribution in [1.82, 2.24) is 9.80 Å². The summed E-state index contributed by atoms with van der Waals surface area (Å²) in [7, 11) is 1.84. The van der Waals surface area contributed by atoms with Gasteiger partial charge in [-0.25, -0.2) is 0 Å². The van der Waals surface area contributed by atoms with Crippen molar-refractivity contribution < 1.29 is 24.2 Å². The highest BCUT2D eigenvalue weighted by Gasteiger charge is 2.43. The molecule has 1 aromatic carbocycles. The molecule has 0 radical (unpaired) electrons. The first kappa shape index (κ1) is 23.1. The summed E-state index contributed by atoms with van der Waals surface area (Å²) in [5, 5.41) is 8.77. The number of aliphatic carboxylic acids is 1. The Morgan fingerprint density at radius 1 is 1.06 bits per heavy atom. The van der Waals surface area contributed by atoms with E-state index >= 15 is 0 Å². The van der Waals surface area contributed by atoms with Crippen molar-refractivity contribution in [2.75, 3.05) is 33.3 Å². The van der Waals surface area contributed by atoms with Crippen LogP contribution in [0.15, 0.2) is 24.3 Å². The number of ether oxygens (including phenoxy) is 1. The Bertz CT molecular complexity index is 786. The summed E-state index contributed by atoms with van der Waals surface area (Å²) >= 11 is 0. The molecule has 1 saturated heterocycles. The maximum absolute atomic E-state index is 13.4. The Balaban J connectivity index is 1.63. The summed E-state index contributed by atoms with van der Waals surface area (Å²) in [5.74, 6) is 0.185. The first-order chi connectivity index (χ1) is 14.9. The zero-order valence-corrected chi connectivity index (χ0v) is 18.5. The second-order valence-corrected chi connectivity index (χ2v) is 8.80. The van der Waals surface area contributed by atoms with Gasteiger partial charge in [-0.3, -0.25) is 14.4 Å². The second kappa shape index (κ2) is 10.6. The molecule has 7 heteroatoms. The molecule has 1 aromatic rings. The number of fused-ring (bicyclic) bond motifs is 1. The number of hydrogen-bond acceptors (Lipinski definition) is 4. The number of benzene rings is 1. The van der Waals surface area contributed by atoms with E-state index in [4.69, 9.17) is 9.84 Å². The molecule has 2 aliphatic heterocycles. The molecule has 0 atom stereocenters. The number of carbonyl (C=O) groups excluding carboxylic acids is 2. The van der Waals surface area contributed by atoms with Gasteiger partial charge in [-0.2, -0.15) is 0 Å². The van der Waals surface area contributed by atoms with E-state index in [1.54, 1.807) is 9.80 Å². The number of likely N-dealkylation sites (N-methyl/N-ethyl adjacent to an activating group) is 1. The topological polar surface area (TPSA) is 87.2 Å². The summed E-state index contributed by atoms with van der Waals surface area (Å²) in [6, 6.07) is 8.12. The van der Waals surface area contributed by atoms with Crippen LogP contribution < -0.4 is 4.74 Å². The molecule has 170 valence electrons. The Hall–Kier alpha value is -2.57. The van der Waals surface area contributed by atoms with Gasteiger partial charge < -0.3 is 19.6 Å². The molecular weight excluding hydrogens is 396 g/mol. The summed E-state index contributed by atoms with van der Waals surface area (Å²) in [4.78, 5) is 40.1. The number of carbonyl (C=O) groups is 3. The van der Waals surface area contributed by atoms with Gasteiger partial charge in [0.05, 0.1) is 12.0 Å². The number of carboxylic acid groups (broad SMARTS) is 1. The van der Waals surface area contributed by atoms with Gasteiger partial charge in [0.15, 0.2) is 0 Å². The van der Waals surface area contributed by atoms with Crippen LogP contribution >= 0.6 is 0 Å². The average molecular weight is 431 g/mol. The molecule has 1 fully saturated rings. The van der Waals surface area contributed by atoms with E-state index in [1.807, 2.05) is 25.2 Å². The van der Waals surface area contributed by atoms with Crippen LogP contribution in [0.1, 0.15) is 56.9 Å². The van der Waals surface area contributed by atoms with Crippen molar-refractivity contribution in [3.63, 3.8) is 0 Å². The molecule has 0 unspecified atom stereocenters. The van der Waals surface area contributed by atoms with Gasteiger partial charge in [0.2, 0.25) is 11.8 Å². The van der Waals surface area contributed by atoms with E-state index in [0.717, 1.165) is 31.4 Å². The average Bonchev–Trinajstić information content (AvgIpc) is 2.76. The Morgan fingerprint density at radius 2 is 1.81 bits per heavy atom. The molecule has 2 aliphatic rings. The fourth-order valence-electron chi connectivity index (χ4n) is 4.73. The number of hydrogen-bond donors (Lipinski definition) is 1. The molecule has 1 N–H and O–H groups in total. The monoisotopic (exact) mass is 430 g/mol. The van der Waals surface area contributed by atoms with Crippen molar-refractivity contribution in [3.8, 4) is 5.75 Å². The maximum Gasteiger partial charge on any atom is 0.303 e. The minimum atomic E-state index is -0.876. The highest BCUT2D eigenvalue weighted by Crippen LogP contribution is 2.39. The van der Waals surface area contributed by atoms with Crippen LogP contribution in [0.5, 0.6) is 5.75 Å². The Labute approximate surface area is 184 Å². The molecule has 1 spiro atoms. The van der Waals surface area contributed by atoms with Gasteiger partial charge in [-0.15, -0.1) is 0 Å². The zero-order chi connectivity index (χ0) is 22.3. The zero-order valence-electron chi connectivity index (χ0n) is 18.5. The number of rotatable bonds is 4. The maximum atomic E-state index is 13.4. The fourth-order valence-corrected chi connectivity index (χ4v) is 4.73. The van der Waals surface area contributed by atoms with E-state index in [9.17, 15) is 14.4 Å². The highest BCUT2D eigenvalue weighted by molar-refractivity contribution is 5.83. The van der Waals surface area contributed by atoms with Crippen LogP contribution in [0.4, 0.5) is 0 Å². The normalized spacial score (nSPS) is 19.7. The van der Waals surface area contributed by atoms with E-state index in [2.05, 4.69) is 6.07 Å². The molecule has 3 rings (SSSR count). The van der Waals surface area contributed by atoms with Crippen LogP contribution in [0.25, 0.3) is 0 Å².